The van der Waals surface area contributed by atoms with Crippen LogP contribution >= 0.6 is 11.3 Å². The Bertz CT molecular complexity index is 1060. The molecule has 138 valence electrons. The third kappa shape index (κ3) is 4.09. The molecule has 0 saturated heterocycles. The monoisotopic (exact) mass is 384 g/mol. The number of hydrogen-bond donors (Lipinski definition) is 2. The van der Waals surface area contributed by atoms with E-state index < -0.39 is 4.92 Å². The summed E-state index contributed by atoms with van der Waals surface area (Å²) in [5.41, 5.74) is 2.01. The number of nitrogens with zero attached hydrogens (tertiary/aromatic N) is 2. The molecule has 0 atom stereocenters. The molecule has 1 heterocycles. The Balaban J connectivity index is 1.79. The van der Waals surface area contributed by atoms with E-state index in [4.69, 9.17) is 0 Å². The van der Waals surface area contributed by atoms with Crippen molar-refractivity contribution >= 4 is 49.9 Å². The van der Waals surface area contributed by atoms with Gasteiger partial charge in [-0.05, 0) is 37.3 Å². The fraction of sp³-hybridized carbons (Fsp3) is 0.167. The van der Waals surface area contributed by atoms with Gasteiger partial charge in [-0.1, -0.05) is 18.3 Å². The largest absolute Gasteiger partial charge is 0.322 e. The van der Waals surface area contributed by atoms with E-state index in [-0.39, 0.29) is 17.5 Å². The van der Waals surface area contributed by atoms with Crippen LogP contribution in [0.5, 0.6) is 0 Å². The first-order valence-electron chi connectivity index (χ1n) is 8.14. The van der Waals surface area contributed by atoms with Crippen molar-refractivity contribution in [2.24, 2.45) is 0 Å². The molecule has 2 N–H and O–H groups in total. The topological polar surface area (TPSA) is 114 Å². The number of benzene rings is 2. The lowest BCUT2D eigenvalue weighted by atomic mass is 10.1. The number of carbonyl (C=O) groups is 2. The summed E-state index contributed by atoms with van der Waals surface area (Å²) in [7, 11) is 0. The van der Waals surface area contributed by atoms with Gasteiger partial charge in [0, 0.05) is 29.3 Å². The van der Waals surface area contributed by atoms with Gasteiger partial charge in [-0.3, -0.25) is 19.7 Å². The summed E-state index contributed by atoms with van der Waals surface area (Å²) in [6.07, 6.45) is 0.367. The van der Waals surface area contributed by atoms with E-state index in [1.807, 2.05) is 0 Å². The third-order valence-electron chi connectivity index (χ3n) is 3.87. The molecule has 0 spiro atoms. The highest BCUT2D eigenvalue weighted by molar-refractivity contribution is 7.22. The summed E-state index contributed by atoms with van der Waals surface area (Å²) in [5, 5.41) is 16.9. The van der Waals surface area contributed by atoms with E-state index in [1.165, 1.54) is 29.5 Å². The number of nitro groups is 1. The number of aryl methyl sites for hydroxylation is 1. The fourth-order valence-electron chi connectivity index (χ4n) is 2.47. The minimum Gasteiger partial charge on any atom is -0.322 e. The summed E-state index contributed by atoms with van der Waals surface area (Å²) in [6.45, 7) is 3.35. The van der Waals surface area contributed by atoms with Gasteiger partial charge < -0.3 is 10.6 Å². The highest BCUT2D eigenvalue weighted by Crippen LogP contribution is 2.29. The zero-order valence-electron chi connectivity index (χ0n) is 14.6. The first-order chi connectivity index (χ1) is 12.9. The lowest BCUT2D eigenvalue weighted by Gasteiger charge is -2.06. The van der Waals surface area contributed by atoms with Crippen molar-refractivity contribution in [3.05, 3.63) is 57.6 Å². The van der Waals surface area contributed by atoms with Crippen LogP contribution in [-0.4, -0.2) is 21.7 Å². The number of nitrogens with one attached hydrogen (secondary N) is 2. The van der Waals surface area contributed by atoms with Crippen molar-refractivity contribution < 1.29 is 14.5 Å². The summed E-state index contributed by atoms with van der Waals surface area (Å²) in [6, 6.07) is 9.46. The van der Waals surface area contributed by atoms with Crippen molar-refractivity contribution in [3.8, 4) is 0 Å². The highest BCUT2D eigenvalue weighted by Gasteiger charge is 2.14. The fourth-order valence-corrected chi connectivity index (χ4v) is 3.39. The molecule has 27 heavy (non-hydrogen) atoms. The van der Waals surface area contributed by atoms with Crippen molar-refractivity contribution in [3.63, 3.8) is 0 Å². The summed E-state index contributed by atoms with van der Waals surface area (Å²) < 4.78 is 0.819. The predicted octanol–water partition coefficient (Wildman–Crippen LogP) is 4.11. The van der Waals surface area contributed by atoms with Gasteiger partial charge in [0.2, 0.25) is 5.91 Å². The molecule has 0 radical (unpaired) electrons. The predicted molar refractivity (Wildman–Crippen MR) is 104 cm³/mol. The number of hydrogen-bond acceptors (Lipinski definition) is 6. The van der Waals surface area contributed by atoms with Crippen LogP contribution in [0.25, 0.3) is 10.2 Å². The first-order valence-corrected chi connectivity index (χ1v) is 8.96. The quantitative estimate of drug-likeness (QED) is 0.507. The van der Waals surface area contributed by atoms with Crippen LogP contribution in [0, 0.1) is 17.0 Å². The van der Waals surface area contributed by atoms with Crippen LogP contribution < -0.4 is 10.6 Å². The number of amides is 2. The van der Waals surface area contributed by atoms with E-state index in [2.05, 4.69) is 15.6 Å². The minimum atomic E-state index is -0.482. The first kappa shape index (κ1) is 18.5. The number of rotatable bonds is 5. The average Bonchev–Trinajstić information content (AvgIpc) is 3.02. The molecule has 0 fully saturated rings. The van der Waals surface area contributed by atoms with E-state index in [1.54, 1.807) is 32.0 Å². The lowest BCUT2D eigenvalue weighted by molar-refractivity contribution is -0.385. The van der Waals surface area contributed by atoms with Crippen molar-refractivity contribution in [1.29, 1.82) is 0 Å². The minimum absolute atomic E-state index is 0.0284. The number of carbonyl (C=O) groups excluding carboxylic acids is 2. The molecule has 8 nitrogen and oxygen atoms in total. The van der Waals surface area contributed by atoms with Gasteiger partial charge in [0.15, 0.2) is 5.13 Å². The molecule has 3 rings (SSSR count). The highest BCUT2D eigenvalue weighted by atomic mass is 32.1. The second-order valence-corrected chi connectivity index (χ2v) is 6.85. The molecule has 0 aliphatic carbocycles. The van der Waals surface area contributed by atoms with Gasteiger partial charge in [-0.25, -0.2) is 4.98 Å². The Labute approximate surface area is 158 Å². The van der Waals surface area contributed by atoms with Crippen molar-refractivity contribution in [1.82, 2.24) is 4.98 Å². The zero-order valence-corrected chi connectivity index (χ0v) is 15.4. The van der Waals surface area contributed by atoms with Crippen molar-refractivity contribution in [2.45, 2.75) is 20.3 Å². The maximum absolute atomic E-state index is 12.4. The van der Waals surface area contributed by atoms with E-state index in [9.17, 15) is 19.7 Å². The number of fused-ring (bicyclic) bond motifs is 1. The Kier molecular flexibility index (Phi) is 5.13. The van der Waals surface area contributed by atoms with Crippen LogP contribution in [-0.2, 0) is 4.79 Å². The number of nitro benzene ring substituents is 1. The van der Waals surface area contributed by atoms with Gasteiger partial charge in [0.1, 0.15) is 0 Å². The van der Waals surface area contributed by atoms with E-state index in [0.717, 1.165) is 10.2 Å². The Hall–Kier alpha value is -3.33. The van der Waals surface area contributed by atoms with Gasteiger partial charge in [0.05, 0.1) is 15.1 Å². The normalized spacial score (nSPS) is 10.6. The van der Waals surface area contributed by atoms with Crippen LogP contribution in [0.3, 0.4) is 0 Å². The number of anilines is 2. The van der Waals surface area contributed by atoms with Crippen molar-refractivity contribution in [2.75, 3.05) is 10.6 Å². The lowest BCUT2D eigenvalue weighted by Crippen LogP contribution is -2.12. The van der Waals surface area contributed by atoms with Crippen LogP contribution in [0.4, 0.5) is 16.5 Å². The molecule has 0 bridgehead atoms. The smallest absolute Gasteiger partial charge is 0.272 e. The molecular weight excluding hydrogens is 368 g/mol. The molecule has 9 heteroatoms. The molecule has 3 aromatic rings. The summed E-state index contributed by atoms with van der Waals surface area (Å²) >= 11 is 1.32. The Morgan fingerprint density at radius 3 is 2.63 bits per heavy atom. The molecule has 2 aromatic carbocycles. The standard InChI is InChI=1S/C18H16N4O4S/c1-3-16(23)21-18-20-13-6-5-12(9-15(13)27-18)19-17(24)11-4-7-14(22(25)26)10(2)8-11/h4-9H,3H2,1-2H3,(H,19,24)(H,20,21,23). The second-order valence-electron chi connectivity index (χ2n) is 5.82. The molecule has 2 amide bonds. The Morgan fingerprint density at radius 1 is 1.19 bits per heavy atom. The third-order valence-corrected chi connectivity index (χ3v) is 4.80. The molecule has 0 saturated carbocycles. The van der Waals surface area contributed by atoms with Gasteiger partial charge >= 0.3 is 0 Å². The molecule has 0 aliphatic heterocycles. The second kappa shape index (κ2) is 7.50. The molecule has 0 aliphatic rings. The van der Waals surface area contributed by atoms with Gasteiger partial charge in [0.25, 0.3) is 11.6 Å². The zero-order chi connectivity index (χ0) is 19.6. The number of thiazole rings is 1. The van der Waals surface area contributed by atoms with Crippen LogP contribution in [0.1, 0.15) is 29.3 Å². The van der Waals surface area contributed by atoms with E-state index in [0.29, 0.717) is 28.4 Å². The molecule has 0 unspecified atom stereocenters. The Morgan fingerprint density at radius 2 is 1.96 bits per heavy atom. The maximum atomic E-state index is 12.4. The van der Waals surface area contributed by atoms with Gasteiger partial charge in [-0.2, -0.15) is 0 Å². The summed E-state index contributed by atoms with van der Waals surface area (Å²) in [5.74, 6) is -0.479. The van der Waals surface area contributed by atoms with E-state index >= 15 is 0 Å². The molecular formula is C18H16N4O4S. The van der Waals surface area contributed by atoms with Crippen LogP contribution in [0.2, 0.25) is 0 Å². The number of aromatic nitrogens is 1. The van der Waals surface area contributed by atoms with Gasteiger partial charge in [-0.15, -0.1) is 0 Å². The average molecular weight is 384 g/mol. The molecule has 1 aromatic heterocycles. The maximum Gasteiger partial charge on any atom is 0.272 e. The summed E-state index contributed by atoms with van der Waals surface area (Å²) in [4.78, 5) is 38.6. The SMILES string of the molecule is CCC(=O)Nc1nc2ccc(NC(=O)c3ccc([N+](=O)[O-])c(C)c3)cc2s1. The van der Waals surface area contributed by atoms with Crippen LogP contribution in [0.15, 0.2) is 36.4 Å².